The maximum atomic E-state index is 13.6. The second kappa shape index (κ2) is 6.77. The van der Waals surface area contributed by atoms with Gasteiger partial charge in [0.05, 0.1) is 6.42 Å². The summed E-state index contributed by atoms with van der Waals surface area (Å²) in [5.74, 6) is -0.664. The molecule has 0 atom stereocenters. The van der Waals surface area contributed by atoms with Crippen molar-refractivity contribution in [3.8, 4) is 0 Å². The molecule has 20 heavy (non-hydrogen) atoms. The summed E-state index contributed by atoms with van der Waals surface area (Å²) in [5, 5.41) is 9.07. The minimum absolute atomic E-state index is 0.0107. The molecule has 2 aromatic carbocycles. The molecular weight excluding hydrogens is 299 g/mol. The largest absolute Gasteiger partial charge is 0.481 e. The molecule has 104 valence electrons. The van der Waals surface area contributed by atoms with Crippen LogP contribution in [0, 0.1) is 5.82 Å². The van der Waals surface area contributed by atoms with Crippen LogP contribution < -0.4 is 0 Å². The number of carbonyl (C=O) groups is 1. The minimum Gasteiger partial charge on any atom is -0.481 e. The van der Waals surface area contributed by atoms with Crippen LogP contribution in [0.5, 0.6) is 0 Å². The maximum absolute atomic E-state index is 13.6. The molecule has 0 spiro atoms. The second-order valence-corrected chi connectivity index (χ2v) is 5.72. The molecule has 0 aromatic heterocycles. The van der Waals surface area contributed by atoms with E-state index in [1.165, 1.54) is 17.8 Å². The minimum atomic E-state index is -0.853. The van der Waals surface area contributed by atoms with Gasteiger partial charge in [-0.05, 0) is 35.4 Å². The van der Waals surface area contributed by atoms with E-state index in [2.05, 4.69) is 0 Å². The Balaban J connectivity index is 1.98. The summed E-state index contributed by atoms with van der Waals surface area (Å²) in [5.41, 5.74) is 1.34. The molecule has 2 aromatic rings. The van der Waals surface area contributed by atoms with Crippen LogP contribution in [0.1, 0.15) is 11.1 Å². The van der Waals surface area contributed by atoms with Gasteiger partial charge in [0.15, 0.2) is 0 Å². The van der Waals surface area contributed by atoms with E-state index in [-0.39, 0.29) is 12.2 Å². The second-order valence-electron chi connectivity index (χ2n) is 4.24. The van der Waals surface area contributed by atoms with Crippen LogP contribution in [0.3, 0.4) is 0 Å². The summed E-state index contributed by atoms with van der Waals surface area (Å²) in [6.07, 6.45) is 0.0107. The van der Waals surface area contributed by atoms with Crippen molar-refractivity contribution in [2.75, 3.05) is 0 Å². The lowest BCUT2D eigenvalue weighted by Gasteiger charge is -2.05. The third-order valence-corrected chi connectivity index (χ3v) is 3.98. The first-order valence-electron chi connectivity index (χ1n) is 5.92. The van der Waals surface area contributed by atoms with Crippen LogP contribution in [0.15, 0.2) is 47.4 Å². The van der Waals surface area contributed by atoms with Gasteiger partial charge in [-0.3, -0.25) is 4.79 Å². The van der Waals surface area contributed by atoms with Gasteiger partial charge in [0.25, 0.3) is 0 Å². The molecule has 0 aliphatic rings. The van der Waals surface area contributed by atoms with E-state index in [0.29, 0.717) is 16.3 Å². The van der Waals surface area contributed by atoms with Gasteiger partial charge in [-0.2, -0.15) is 0 Å². The Labute approximate surface area is 125 Å². The Morgan fingerprint density at radius 1 is 1.20 bits per heavy atom. The molecule has 0 aliphatic carbocycles. The highest BCUT2D eigenvalue weighted by atomic mass is 35.5. The molecule has 2 rings (SSSR count). The monoisotopic (exact) mass is 310 g/mol. The summed E-state index contributed by atoms with van der Waals surface area (Å²) >= 11 is 7.19. The van der Waals surface area contributed by atoms with Crippen molar-refractivity contribution in [1.29, 1.82) is 0 Å². The number of benzene rings is 2. The normalized spacial score (nSPS) is 10.5. The number of thioether (sulfide) groups is 1. The zero-order chi connectivity index (χ0) is 14.5. The molecule has 2 nitrogen and oxygen atoms in total. The van der Waals surface area contributed by atoms with E-state index < -0.39 is 5.97 Å². The molecule has 5 heteroatoms. The molecule has 0 heterocycles. The maximum Gasteiger partial charge on any atom is 0.307 e. The molecular formula is C15H12ClFO2S. The Morgan fingerprint density at radius 2 is 1.90 bits per heavy atom. The van der Waals surface area contributed by atoms with Gasteiger partial charge in [-0.15, -0.1) is 11.8 Å². The zero-order valence-electron chi connectivity index (χ0n) is 10.5. The SMILES string of the molecule is O=C(O)Cc1ccc(SCc2ccc(Cl)cc2F)cc1. The Hall–Kier alpha value is -1.52. The van der Waals surface area contributed by atoms with Gasteiger partial charge >= 0.3 is 5.97 Å². The number of aliphatic carboxylic acids is 1. The topological polar surface area (TPSA) is 37.3 Å². The summed E-state index contributed by atoms with van der Waals surface area (Å²) in [6, 6.07) is 11.9. The zero-order valence-corrected chi connectivity index (χ0v) is 12.0. The van der Waals surface area contributed by atoms with Crippen molar-refractivity contribution in [2.45, 2.75) is 17.1 Å². The van der Waals surface area contributed by atoms with Crippen LogP contribution in [0.2, 0.25) is 5.02 Å². The van der Waals surface area contributed by atoms with Crippen LogP contribution in [0.4, 0.5) is 4.39 Å². The van der Waals surface area contributed by atoms with E-state index in [1.807, 2.05) is 12.1 Å². The third-order valence-electron chi connectivity index (χ3n) is 2.69. The first kappa shape index (κ1) is 14.9. The van der Waals surface area contributed by atoms with E-state index in [9.17, 15) is 9.18 Å². The van der Waals surface area contributed by atoms with Gasteiger partial charge in [0.2, 0.25) is 0 Å². The molecule has 0 aliphatic heterocycles. The molecule has 0 saturated carbocycles. The van der Waals surface area contributed by atoms with Gasteiger partial charge < -0.3 is 5.11 Å². The average Bonchev–Trinajstić information content (AvgIpc) is 2.39. The summed E-state index contributed by atoms with van der Waals surface area (Å²) in [7, 11) is 0. The number of carboxylic acid groups (broad SMARTS) is 1. The Morgan fingerprint density at radius 3 is 2.50 bits per heavy atom. The van der Waals surface area contributed by atoms with Gasteiger partial charge in [0.1, 0.15) is 5.82 Å². The number of carboxylic acids is 1. The van der Waals surface area contributed by atoms with E-state index in [4.69, 9.17) is 16.7 Å². The highest BCUT2D eigenvalue weighted by Crippen LogP contribution is 2.25. The summed E-state index contributed by atoms with van der Waals surface area (Å²) in [6.45, 7) is 0. The van der Waals surface area contributed by atoms with Gasteiger partial charge in [0, 0.05) is 15.7 Å². The summed E-state index contributed by atoms with van der Waals surface area (Å²) < 4.78 is 13.6. The van der Waals surface area contributed by atoms with Crippen molar-refractivity contribution in [3.05, 3.63) is 64.4 Å². The molecule has 0 radical (unpaired) electrons. The predicted octanol–water partition coefficient (Wildman–Crippen LogP) is 4.40. The number of rotatable bonds is 5. The smallest absolute Gasteiger partial charge is 0.307 e. The van der Waals surface area contributed by atoms with Crippen molar-refractivity contribution in [1.82, 2.24) is 0 Å². The Kier molecular flexibility index (Phi) is 5.04. The van der Waals surface area contributed by atoms with Gasteiger partial charge in [-0.25, -0.2) is 4.39 Å². The lowest BCUT2D eigenvalue weighted by molar-refractivity contribution is -0.136. The van der Waals surface area contributed by atoms with Crippen molar-refractivity contribution in [3.63, 3.8) is 0 Å². The fourth-order valence-electron chi connectivity index (χ4n) is 1.68. The molecule has 0 amide bonds. The number of hydrogen-bond donors (Lipinski definition) is 1. The van der Waals surface area contributed by atoms with Crippen LogP contribution in [-0.4, -0.2) is 11.1 Å². The lowest BCUT2D eigenvalue weighted by atomic mass is 10.2. The number of halogens is 2. The lowest BCUT2D eigenvalue weighted by Crippen LogP contribution is -1.99. The van der Waals surface area contributed by atoms with E-state index in [0.717, 1.165) is 10.5 Å². The number of hydrogen-bond acceptors (Lipinski definition) is 2. The molecule has 0 saturated heterocycles. The van der Waals surface area contributed by atoms with Crippen molar-refractivity contribution < 1.29 is 14.3 Å². The molecule has 1 N–H and O–H groups in total. The van der Waals surface area contributed by atoms with Crippen molar-refractivity contribution in [2.24, 2.45) is 0 Å². The molecule has 0 bridgehead atoms. The third kappa shape index (κ3) is 4.25. The van der Waals surface area contributed by atoms with Crippen LogP contribution >= 0.6 is 23.4 Å². The van der Waals surface area contributed by atoms with Crippen molar-refractivity contribution >= 4 is 29.3 Å². The fraction of sp³-hybridized carbons (Fsp3) is 0.133. The first-order chi connectivity index (χ1) is 9.54. The fourth-order valence-corrected chi connectivity index (χ4v) is 2.72. The Bertz CT molecular complexity index is 614. The molecule has 0 fully saturated rings. The summed E-state index contributed by atoms with van der Waals surface area (Å²) in [4.78, 5) is 11.5. The standard InChI is InChI=1S/C15H12ClFO2S/c16-12-4-3-11(14(17)8-12)9-20-13-5-1-10(2-6-13)7-15(18)19/h1-6,8H,7,9H2,(H,18,19). The van der Waals surface area contributed by atoms with Crippen LogP contribution in [0.25, 0.3) is 0 Å². The van der Waals surface area contributed by atoms with E-state index in [1.54, 1.807) is 24.3 Å². The first-order valence-corrected chi connectivity index (χ1v) is 7.28. The highest BCUT2D eigenvalue weighted by Gasteiger charge is 2.05. The van der Waals surface area contributed by atoms with Crippen LogP contribution in [-0.2, 0) is 17.0 Å². The van der Waals surface area contributed by atoms with Gasteiger partial charge in [-0.1, -0.05) is 29.8 Å². The highest BCUT2D eigenvalue weighted by molar-refractivity contribution is 7.98. The average molecular weight is 311 g/mol. The van der Waals surface area contributed by atoms with E-state index >= 15 is 0 Å². The predicted molar refractivity (Wildman–Crippen MR) is 78.8 cm³/mol. The molecule has 0 unspecified atom stereocenters. The quantitative estimate of drug-likeness (QED) is 0.832.